The highest BCUT2D eigenvalue weighted by atomic mass is 16.5. The van der Waals surface area contributed by atoms with Gasteiger partial charge in [0.25, 0.3) is 0 Å². The fourth-order valence-corrected chi connectivity index (χ4v) is 2.58. The number of ether oxygens (including phenoxy) is 3. The summed E-state index contributed by atoms with van der Waals surface area (Å²) in [4.78, 5) is 26.8. The molecule has 0 amide bonds. The molecule has 1 aromatic heterocycles. The second-order valence-electron chi connectivity index (χ2n) is 5.05. The van der Waals surface area contributed by atoms with Crippen LogP contribution in [0.4, 0.5) is 0 Å². The third kappa shape index (κ3) is 3.71. The van der Waals surface area contributed by atoms with Gasteiger partial charge in [-0.05, 0) is 18.9 Å². The Balaban J connectivity index is 2.50. The van der Waals surface area contributed by atoms with Crippen molar-refractivity contribution in [1.29, 1.82) is 0 Å². The predicted molar refractivity (Wildman–Crippen MR) is 85.3 cm³/mol. The summed E-state index contributed by atoms with van der Waals surface area (Å²) in [6.07, 6.45) is 0.599. The highest BCUT2D eigenvalue weighted by Crippen LogP contribution is 2.27. The fourth-order valence-electron chi connectivity index (χ4n) is 2.58. The van der Waals surface area contributed by atoms with Crippen LogP contribution in [0.25, 0.3) is 10.9 Å². The molecule has 0 fully saturated rings. The van der Waals surface area contributed by atoms with Gasteiger partial charge in [0.1, 0.15) is 5.69 Å². The lowest BCUT2D eigenvalue weighted by Crippen LogP contribution is -2.09. The number of H-pyrrole nitrogens is 1. The van der Waals surface area contributed by atoms with E-state index >= 15 is 0 Å². The average Bonchev–Trinajstić information content (AvgIpc) is 2.93. The molecule has 0 aliphatic carbocycles. The van der Waals surface area contributed by atoms with Crippen molar-refractivity contribution >= 4 is 22.8 Å². The minimum Gasteiger partial charge on any atom is -0.469 e. The Morgan fingerprint density at radius 2 is 2.00 bits per heavy atom. The van der Waals surface area contributed by atoms with Crippen LogP contribution in [0.3, 0.4) is 0 Å². The van der Waals surface area contributed by atoms with Gasteiger partial charge in [-0.15, -0.1) is 0 Å². The van der Waals surface area contributed by atoms with Crippen molar-refractivity contribution in [2.24, 2.45) is 0 Å². The van der Waals surface area contributed by atoms with Gasteiger partial charge < -0.3 is 19.2 Å². The topological polar surface area (TPSA) is 77.6 Å². The number of carbonyl (C=O) groups is 2. The first-order valence-electron chi connectivity index (χ1n) is 7.47. The number of benzene rings is 1. The molecule has 1 aromatic carbocycles. The molecule has 124 valence electrons. The van der Waals surface area contributed by atoms with E-state index in [1.807, 2.05) is 18.2 Å². The van der Waals surface area contributed by atoms with Gasteiger partial charge in [-0.2, -0.15) is 0 Å². The lowest BCUT2D eigenvalue weighted by atomic mass is 10.0. The van der Waals surface area contributed by atoms with E-state index in [0.717, 1.165) is 22.0 Å². The number of hydrogen-bond donors (Lipinski definition) is 1. The zero-order chi connectivity index (χ0) is 16.8. The highest BCUT2D eigenvalue weighted by Gasteiger charge is 2.20. The van der Waals surface area contributed by atoms with Crippen molar-refractivity contribution in [3.8, 4) is 0 Å². The number of rotatable bonds is 7. The summed E-state index contributed by atoms with van der Waals surface area (Å²) in [7, 11) is 2.96. The van der Waals surface area contributed by atoms with Crippen LogP contribution in [-0.4, -0.2) is 37.7 Å². The van der Waals surface area contributed by atoms with Crippen molar-refractivity contribution in [2.45, 2.75) is 26.4 Å². The lowest BCUT2D eigenvalue weighted by molar-refractivity contribution is -0.140. The molecule has 0 atom stereocenters. The molecular weight excluding hydrogens is 298 g/mol. The maximum Gasteiger partial charge on any atom is 0.355 e. The molecule has 0 aliphatic rings. The largest absolute Gasteiger partial charge is 0.469 e. The maximum absolute atomic E-state index is 12.2. The SMILES string of the molecule is CCOC(=O)c1[nH]c2c(COC)cccc2c1CCC(=O)OC. The van der Waals surface area contributed by atoms with Gasteiger partial charge >= 0.3 is 11.9 Å². The molecule has 6 nitrogen and oxygen atoms in total. The number of fused-ring (bicyclic) bond motifs is 1. The summed E-state index contributed by atoms with van der Waals surface area (Å²) in [6, 6.07) is 5.75. The Kier molecular flexibility index (Phi) is 5.76. The van der Waals surface area contributed by atoms with Crippen LogP contribution in [0.1, 0.15) is 35.0 Å². The molecule has 0 radical (unpaired) electrons. The number of para-hydroxylation sites is 1. The van der Waals surface area contributed by atoms with Crippen LogP contribution < -0.4 is 0 Å². The lowest BCUT2D eigenvalue weighted by Gasteiger charge is -2.04. The smallest absolute Gasteiger partial charge is 0.355 e. The van der Waals surface area contributed by atoms with Crippen LogP contribution in [0.15, 0.2) is 18.2 Å². The zero-order valence-electron chi connectivity index (χ0n) is 13.6. The van der Waals surface area contributed by atoms with Gasteiger partial charge in [-0.3, -0.25) is 4.79 Å². The molecule has 0 bridgehead atoms. The van der Waals surface area contributed by atoms with Crippen molar-refractivity contribution < 1.29 is 23.8 Å². The molecule has 0 unspecified atom stereocenters. The molecule has 2 rings (SSSR count). The highest BCUT2D eigenvalue weighted by molar-refractivity contribution is 5.99. The van der Waals surface area contributed by atoms with E-state index in [0.29, 0.717) is 18.7 Å². The van der Waals surface area contributed by atoms with E-state index in [1.54, 1.807) is 14.0 Å². The van der Waals surface area contributed by atoms with Gasteiger partial charge in [0.15, 0.2) is 0 Å². The summed E-state index contributed by atoms with van der Waals surface area (Å²) in [5, 5.41) is 0.895. The quantitative estimate of drug-likeness (QED) is 0.794. The van der Waals surface area contributed by atoms with Crippen molar-refractivity contribution in [3.63, 3.8) is 0 Å². The second-order valence-corrected chi connectivity index (χ2v) is 5.05. The van der Waals surface area contributed by atoms with Crippen molar-refractivity contribution in [2.75, 3.05) is 20.8 Å². The molecule has 23 heavy (non-hydrogen) atoms. The van der Waals surface area contributed by atoms with Crippen molar-refractivity contribution in [1.82, 2.24) is 4.98 Å². The second kappa shape index (κ2) is 7.78. The Morgan fingerprint density at radius 1 is 1.22 bits per heavy atom. The van der Waals surface area contributed by atoms with Crippen LogP contribution in [0, 0.1) is 0 Å². The standard InChI is InChI=1S/C17H21NO5/c1-4-23-17(20)16-13(8-9-14(19)22-3)12-7-5-6-11(10-21-2)15(12)18-16/h5-7,18H,4,8-10H2,1-3H3. The normalized spacial score (nSPS) is 10.7. The Bertz CT molecular complexity index is 704. The average molecular weight is 319 g/mol. The number of hydrogen-bond acceptors (Lipinski definition) is 5. The minimum atomic E-state index is -0.424. The predicted octanol–water partition coefficient (Wildman–Crippen LogP) is 2.60. The number of aromatic nitrogens is 1. The first kappa shape index (κ1) is 17.0. The van der Waals surface area contributed by atoms with E-state index in [-0.39, 0.29) is 19.0 Å². The maximum atomic E-state index is 12.2. The van der Waals surface area contributed by atoms with E-state index in [1.165, 1.54) is 7.11 Å². The summed E-state index contributed by atoms with van der Waals surface area (Å²) in [5.74, 6) is -0.742. The summed E-state index contributed by atoms with van der Waals surface area (Å²) in [5.41, 5.74) is 2.92. The van der Waals surface area contributed by atoms with Gasteiger partial charge in [0.05, 0.1) is 25.8 Å². The Hall–Kier alpha value is -2.34. The molecule has 0 spiro atoms. The minimum absolute atomic E-state index is 0.199. The number of methoxy groups -OCH3 is 2. The zero-order valence-corrected chi connectivity index (χ0v) is 13.6. The van der Waals surface area contributed by atoms with E-state index < -0.39 is 5.97 Å². The van der Waals surface area contributed by atoms with Gasteiger partial charge in [0, 0.05) is 24.5 Å². The Morgan fingerprint density at radius 3 is 2.65 bits per heavy atom. The molecular formula is C17H21NO5. The third-order valence-corrected chi connectivity index (χ3v) is 3.61. The number of aryl methyl sites for hydroxylation is 1. The fraction of sp³-hybridized carbons (Fsp3) is 0.412. The van der Waals surface area contributed by atoms with E-state index in [2.05, 4.69) is 9.72 Å². The number of esters is 2. The number of carbonyl (C=O) groups excluding carboxylic acids is 2. The van der Waals surface area contributed by atoms with Crippen molar-refractivity contribution in [3.05, 3.63) is 35.0 Å². The van der Waals surface area contributed by atoms with E-state index in [9.17, 15) is 9.59 Å². The number of nitrogens with one attached hydrogen (secondary N) is 1. The summed E-state index contributed by atoms with van der Waals surface area (Å²) >= 11 is 0. The van der Waals surface area contributed by atoms with E-state index in [4.69, 9.17) is 9.47 Å². The first-order chi connectivity index (χ1) is 11.1. The molecule has 6 heteroatoms. The van der Waals surface area contributed by atoms with Gasteiger partial charge in [-0.1, -0.05) is 18.2 Å². The van der Waals surface area contributed by atoms with Crippen LogP contribution >= 0.6 is 0 Å². The summed E-state index contributed by atoms with van der Waals surface area (Å²) < 4.78 is 15.0. The van der Waals surface area contributed by atoms with Gasteiger partial charge in [0.2, 0.25) is 0 Å². The monoisotopic (exact) mass is 319 g/mol. The molecule has 0 saturated heterocycles. The molecule has 1 N–H and O–H groups in total. The molecule has 0 saturated carbocycles. The van der Waals surface area contributed by atoms with Crippen LogP contribution in [-0.2, 0) is 32.0 Å². The molecule has 0 aliphatic heterocycles. The summed E-state index contributed by atoms with van der Waals surface area (Å²) in [6.45, 7) is 2.47. The van der Waals surface area contributed by atoms with Crippen LogP contribution in [0.5, 0.6) is 0 Å². The third-order valence-electron chi connectivity index (χ3n) is 3.61. The first-order valence-corrected chi connectivity index (χ1v) is 7.47. The van der Waals surface area contributed by atoms with Gasteiger partial charge in [-0.25, -0.2) is 4.79 Å². The number of aromatic amines is 1. The molecule has 2 aromatic rings. The Labute approximate surface area is 134 Å². The molecule has 1 heterocycles. The van der Waals surface area contributed by atoms with Crippen LogP contribution in [0.2, 0.25) is 0 Å².